The minimum Gasteiger partial charge on any atom is -0.483 e. The molecule has 5 heteroatoms. The molecule has 1 N–H and O–H groups in total. The SMILES string of the molecule is CC[C@H](C)NC(=O)[C@H](Cc1ccccc1)N(Cc1ccc(C)cc1)C(=O)COc1ccc(C)cc1C. The van der Waals surface area contributed by atoms with Gasteiger partial charge in [0.1, 0.15) is 11.8 Å². The molecule has 2 amide bonds. The first-order valence-electron chi connectivity index (χ1n) is 12.7. The van der Waals surface area contributed by atoms with E-state index >= 15 is 0 Å². The van der Waals surface area contributed by atoms with Crippen molar-refractivity contribution in [2.45, 2.75) is 66.1 Å². The molecule has 0 saturated heterocycles. The van der Waals surface area contributed by atoms with E-state index in [-0.39, 0.29) is 24.5 Å². The standard InChI is InChI=1S/C31H38N2O3/c1-6-25(5)32-31(35)28(19-26-10-8-7-9-11-26)33(20-27-15-12-22(2)13-16-27)30(34)21-36-29-17-14-23(3)18-24(29)4/h7-18,25,28H,6,19-21H2,1-5H3,(H,32,35)/t25-,28-/m0/s1. The first-order valence-corrected chi connectivity index (χ1v) is 12.7. The van der Waals surface area contributed by atoms with E-state index < -0.39 is 6.04 Å². The summed E-state index contributed by atoms with van der Waals surface area (Å²) in [6, 6.07) is 23.1. The summed E-state index contributed by atoms with van der Waals surface area (Å²) in [7, 11) is 0. The lowest BCUT2D eigenvalue weighted by Gasteiger charge is -2.32. The molecule has 190 valence electrons. The molecule has 36 heavy (non-hydrogen) atoms. The van der Waals surface area contributed by atoms with Crippen molar-refractivity contribution < 1.29 is 14.3 Å². The second kappa shape index (κ2) is 12.9. The first kappa shape index (κ1) is 27.0. The zero-order valence-electron chi connectivity index (χ0n) is 22.1. The number of aryl methyl sites for hydroxylation is 3. The molecule has 0 spiro atoms. The van der Waals surface area contributed by atoms with Crippen molar-refractivity contribution in [2.75, 3.05) is 6.61 Å². The zero-order valence-corrected chi connectivity index (χ0v) is 22.1. The molecule has 0 unspecified atom stereocenters. The fourth-order valence-electron chi connectivity index (χ4n) is 4.07. The molecule has 3 aromatic carbocycles. The smallest absolute Gasteiger partial charge is 0.261 e. The van der Waals surface area contributed by atoms with Gasteiger partial charge in [0, 0.05) is 19.0 Å². The molecule has 2 atom stereocenters. The van der Waals surface area contributed by atoms with Crippen LogP contribution in [0, 0.1) is 20.8 Å². The van der Waals surface area contributed by atoms with Crippen LogP contribution >= 0.6 is 0 Å². The summed E-state index contributed by atoms with van der Waals surface area (Å²) in [5.41, 5.74) is 5.22. The summed E-state index contributed by atoms with van der Waals surface area (Å²) < 4.78 is 5.95. The van der Waals surface area contributed by atoms with Gasteiger partial charge in [0.15, 0.2) is 6.61 Å². The number of benzene rings is 3. The Bertz CT molecular complexity index is 1140. The third-order valence-corrected chi connectivity index (χ3v) is 6.43. The number of carbonyl (C=O) groups excluding carboxylic acids is 2. The van der Waals surface area contributed by atoms with Gasteiger partial charge in [-0.3, -0.25) is 9.59 Å². The first-order chi connectivity index (χ1) is 17.3. The predicted octanol–water partition coefficient (Wildman–Crippen LogP) is 5.55. The lowest BCUT2D eigenvalue weighted by atomic mass is 10.0. The van der Waals surface area contributed by atoms with Gasteiger partial charge >= 0.3 is 0 Å². The summed E-state index contributed by atoms with van der Waals surface area (Å²) in [5, 5.41) is 3.10. The molecule has 0 heterocycles. The van der Waals surface area contributed by atoms with Crippen LogP contribution in [0.5, 0.6) is 5.75 Å². The highest BCUT2D eigenvalue weighted by molar-refractivity contribution is 5.88. The Morgan fingerprint density at radius 2 is 1.56 bits per heavy atom. The van der Waals surface area contributed by atoms with E-state index in [1.807, 2.05) is 107 Å². The van der Waals surface area contributed by atoms with Crippen LogP contribution in [0.3, 0.4) is 0 Å². The lowest BCUT2D eigenvalue weighted by molar-refractivity contribution is -0.143. The average Bonchev–Trinajstić information content (AvgIpc) is 2.87. The molecule has 0 bridgehead atoms. The molecule has 0 radical (unpaired) electrons. The molecule has 5 nitrogen and oxygen atoms in total. The summed E-state index contributed by atoms with van der Waals surface area (Å²) in [6.07, 6.45) is 1.23. The maximum Gasteiger partial charge on any atom is 0.261 e. The van der Waals surface area contributed by atoms with Crippen LogP contribution in [-0.4, -0.2) is 35.4 Å². The number of hydrogen-bond donors (Lipinski definition) is 1. The summed E-state index contributed by atoms with van der Waals surface area (Å²) >= 11 is 0. The Hall–Kier alpha value is -3.60. The van der Waals surface area contributed by atoms with Crippen molar-refractivity contribution in [1.82, 2.24) is 10.2 Å². The Morgan fingerprint density at radius 3 is 2.19 bits per heavy atom. The Balaban J connectivity index is 1.91. The van der Waals surface area contributed by atoms with Crippen molar-refractivity contribution in [3.05, 3.63) is 101 Å². The van der Waals surface area contributed by atoms with Crippen LogP contribution < -0.4 is 10.1 Å². The fourth-order valence-corrected chi connectivity index (χ4v) is 4.07. The molecular formula is C31H38N2O3. The monoisotopic (exact) mass is 486 g/mol. The van der Waals surface area contributed by atoms with Crippen LogP contribution in [0.15, 0.2) is 72.8 Å². The third kappa shape index (κ3) is 7.70. The van der Waals surface area contributed by atoms with Gasteiger partial charge in [-0.25, -0.2) is 0 Å². The van der Waals surface area contributed by atoms with Gasteiger partial charge in [0.25, 0.3) is 5.91 Å². The molecule has 3 rings (SSSR count). The number of carbonyl (C=O) groups is 2. The second-order valence-electron chi connectivity index (χ2n) is 9.59. The topological polar surface area (TPSA) is 58.6 Å². The van der Waals surface area contributed by atoms with E-state index in [9.17, 15) is 9.59 Å². The number of nitrogens with one attached hydrogen (secondary N) is 1. The van der Waals surface area contributed by atoms with Gasteiger partial charge in [-0.2, -0.15) is 0 Å². The second-order valence-corrected chi connectivity index (χ2v) is 9.59. The van der Waals surface area contributed by atoms with Crippen LogP contribution in [0.25, 0.3) is 0 Å². The highest BCUT2D eigenvalue weighted by Crippen LogP contribution is 2.20. The van der Waals surface area contributed by atoms with Gasteiger partial charge < -0.3 is 15.0 Å². The van der Waals surface area contributed by atoms with E-state index in [0.717, 1.165) is 34.2 Å². The maximum absolute atomic E-state index is 13.7. The van der Waals surface area contributed by atoms with Crippen molar-refractivity contribution in [3.63, 3.8) is 0 Å². The summed E-state index contributed by atoms with van der Waals surface area (Å²) in [6.45, 7) is 10.2. The quantitative estimate of drug-likeness (QED) is 0.387. The third-order valence-electron chi connectivity index (χ3n) is 6.43. The zero-order chi connectivity index (χ0) is 26.1. The van der Waals surface area contributed by atoms with Crippen molar-refractivity contribution in [3.8, 4) is 5.75 Å². The number of rotatable bonds is 11. The Kier molecular flexibility index (Phi) is 9.69. The van der Waals surface area contributed by atoms with E-state index in [1.54, 1.807) is 4.90 Å². The number of amides is 2. The van der Waals surface area contributed by atoms with Crippen molar-refractivity contribution in [2.24, 2.45) is 0 Å². The van der Waals surface area contributed by atoms with Crippen LogP contribution in [0.4, 0.5) is 0 Å². The van der Waals surface area contributed by atoms with Crippen LogP contribution in [0.2, 0.25) is 0 Å². The van der Waals surface area contributed by atoms with Crippen LogP contribution in [0.1, 0.15) is 48.1 Å². The average molecular weight is 487 g/mol. The normalized spacial score (nSPS) is 12.5. The largest absolute Gasteiger partial charge is 0.483 e. The van der Waals surface area contributed by atoms with Crippen molar-refractivity contribution in [1.29, 1.82) is 0 Å². The van der Waals surface area contributed by atoms with Gasteiger partial charge in [0.2, 0.25) is 5.91 Å². The molecular weight excluding hydrogens is 448 g/mol. The van der Waals surface area contributed by atoms with E-state index in [0.29, 0.717) is 18.7 Å². The van der Waals surface area contributed by atoms with Crippen molar-refractivity contribution >= 4 is 11.8 Å². The number of hydrogen-bond acceptors (Lipinski definition) is 3. The summed E-state index contributed by atoms with van der Waals surface area (Å²) in [4.78, 5) is 28.9. The highest BCUT2D eigenvalue weighted by Gasteiger charge is 2.31. The van der Waals surface area contributed by atoms with Gasteiger partial charge in [-0.15, -0.1) is 0 Å². The fraction of sp³-hybridized carbons (Fsp3) is 0.355. The molecule has 0 aromatic heterocycles. The highest BCUT2D eigenvalue weighted by atomic mass is 16.5. The molecule has 0 fully saturated rings. The molecule has 0 aliphatic carbocycles. The van der Waals surface area contributed by atoms with E-state index in [1.165, 1.54) is 0 Å². The molecule has 0 aliphatic rings. The van der Waals surface area contributed by atoms with Gasteiger partial charge in [-0.05, 0) is 56.9 Å². The number of nitrogens with zero attached hydrogens (tertiary/aromatic N) is 1. The van der Waals surface area contributed by atoms with Gasteiger partial charge in [-0.1, -0.05) is 84.8 Å². The van der Waals surface area contributed by atoms with Crippen LogP contribution in [-0.2, 0) is 22.6 Å². The molecule has 0 saturated carbocycles. The summed E-state index contributed by atoms with van der Waals surface area (Å²) in [5.74, 6) is 0.295. The molecule has 0 aliphatic heterocycles. The minimum absolute atomic E-state index is 0.0126. The lowest BCUT2D eigenvalue weighted by Crippen LogP contribution is -2.53. The van der Waals surface area contributed by atoms with Gasteiger partial charge in [0.05, 0.1) is 0 Å². The number of ether oxygens (including phenoxy) is 1. The minimum atomic E-state index is -0.669. The van der Waals surface area contributed by atoms with E-state index in [2.05, 4.69) is 5.32 Å². The predicted molar refractivity (Wildman–Crippen MR) is 145 cm³/mol. The van der Waals surface area contributed by atoms with E-state index in [4.69, 9.17) is 4.74 Å². The Morgan fingerprint density at radius 1 is 0.889 bits per heavy atom. The molecule has 3 aromatic rings. The maximum atomic E-state index is 13.7. The Labute approximate surface area is 215 Å².